The molecule has 0 fully saturated rings. The minimum atomic E-state index is -0.249. The lowest BCUT2D eigenvalue weighted by Crippen LogP contribution is -2.20. The van der Waals surface area contributed by atoms with Crippen LogP contribution in [0.4, 0.5) is 0 Å². The highest BCUT2D eigenvalue weighted by Gasteiger charge is 2.15. The number of methoxy groups -OCH3 is 1. The topological polar surface area (TPSA) is 56.5 Å². The fourth-order valence-corrected chi connectivity index (χ4v) is 4.22. The van der Waals surface area contributed by atoms with Crippen LogP contribution in [0.25, 0.3) is 22.3 Å². The van der Waals surface area contributed by atoms with E-state index in [1.807, 2.05) is 60.7 Å². The molecule has 0 aliphatic carbocycles. The van der Waals surface area contributed by atoms with Crippen molar-refractivity contribution in [2.24, 2.45) is 5.10 Å². The van der Waals surface area contributed by atoms with Gasteiger partial charge in [-0.25, -0.2) is 4.98 Å². The highest BCUT2D eigenvalue weighted by molar-refractivity contribution is 9.11. The first-order valence-electron chi connectivity index (χ1n) is 8.72. The first-order chi connectivity index (χ1) is 14.1. The Morgan fingerprint density at radius 1 is 1.03 bits per heavy atom. The predicted octanol–water partition coefficient (Wildman–Crippen LogP) is 5.48. The summed E-state index contributed by atoms with van der Waals surface area (Å²) in [4.78, 5) is 18.0. The number of benzene rings is 3. The molecule has 7 heteroatoms. The Hall–Kier alpha value is -2.77. The quantitative estimate of drug-likeness (QED) is 0.340. The van der Waals surface area contributed by atoms with Gasteiger partial charge in [0.1, 0.15) is 5.75 Å². The van der Waals surface area contributed by atoms with Crippen molar-refractivity contribution in [1.29, 1.82) is 0 Å². The number of nitrogens with zero attached hydrogens (tertiary/aromatic N) is 3. The van der Waals surface area contributed by atoms with Crippen molar-refractivity contribution in [1.82, 2.24) is 9.66 Å². The molecule has 0 atom stereocenters. The van der Waals surface area contributed by atoms with Crippen molar-refractivity contribution in [3.05, 3.63) is 91.6 Å². The van der Waals surface area contributed by atoms with Gasteiger partial charge in [0.05, 0.1) is 24.2 Å². The molecule has 144 valence electrons. The summed E-state index contributed by atoms with van der Waals surface area (Å²) in [6.45, 7) is 0. The van der Waals surface area contributed by atoms with E-state index in [1.54, 1.807) is 19.4 Å². The highest BCUT2D eigenvalue weighted by Crippen LogP contribution is 2.27. The van der Waals surface area contributed by atoms with E-state index in [0.29, 0.717) is 16.7 Å². The summed E-state index contributed by atoms with van der Waals surface area (Å²) < 4.78 is 8.04. The van der Waals surface area contributed by atoms with Crippen molar-refractivity contribution >= 4 is 49.0 Å². The molecule has 0 unspecified atom stereocenters. The van der Waals surface area contributed by atoms with Crippen LogP contribution in [0.5, 0.6) is 5.75 Å². The molecule has 0 aliphatic rings. The Balaban J connectivity index is 1.93. The maximum Gasteiger partial charge on any atom is 0.282 e. The van der Waals surface area contributed by atoms with E-state index in [-0.39, 0.29) is 5.56 Å². The SMILES string of the molecule is COc1ccc(/C=N/n2c(-c3ccccc3)nc3c(Br)cc(Br)cc3c2=O)cc1. The van der Waals surface area contributed by atoms with E-state index >= 15 is 0 Å². The largest absolute Gasteiger partial charge is 0.497 e. The summed E-state index contributed by atoms with van der Waals surface area (Å²) in [7, 11) is 1.62. The Morgan fingerprint density at radius 2 is 1.76 bits per heavy atom. The van der Waals surface area contributed by atoms with Gasteiger partial charge < -0.3 is 4.74 Å². The van der Waals surface area contributed by atoms with Crippen molar-refractivity contribution < 1.29 is 4.74 Å². The van der Waals surface area contributed by atoms with Crippen LogP contribution in [0, 0.1) is 0 Å². The van der Waals surface area contributed by atoms with Gasteiger partial charge in [-0.3, -0.25) is 4.79 Å². The summed E-state index contributed by atoms with van der Waals surface area (Å²) >= 11 is 6.95. The van der Waals surface area contributed by atoms with Gasteiger partial charge in [-0.1, -0.05) is 46.3 Å². The van der Waals surface area contributed by atoms with Gasteiger partial charge in [-0.2, -0.15) is 9.78 Å². The van der Waals surface area contributed by atoms with Gasteiger partial charge in [0.15, 0.2) is 5.82 Å². The summed E-state index contributed by atoms with van der Waals surface area (Å²) in [5, 5.41) is 4.93. The number of halogens is 2. The molecule has 0 saturated heterocycles. The fourth-order valence-electron chi connectivity index (χ4n) is 2.90. The minimum Gasteiger partial charge on any atom is -0.497 e. The fraction of sp³-hybridized carbons (Fsp3) is 0.0455. The van der Waals surface area contributed by atoms with Crippen molar-refractivity contribution in [2.45, 2.75) is 0 Å². The van der Waals surface area contributed by atoms with Crippen molar-refractivity contribution in [3.8, 4) is 17.1 Å². The lowest BCUT2D eigenvalue weighted by molar-refractivity contribution is 0.415. The van der Waals surface area contributed by atoms with Gasteiger partial charge in [-0.15, -0.1) is 0 Å². The summed E-state index contributed by atoms with van der Waals surface area (Å²) in [5.74, 6) is 1.22. The molecule has 0 saturated carbocycles. The molecule has 0 N–H and O–H groups in total. The molecule has 29 heavy (non-hydrogen) atoms. The lowest BCUT2D eigenvalue weighted by Gasteiger charge is -2.10. The van der Waals surface area contributed by atoms with Gasteiger partial charge >= 0.3 is 0 Å². The molecule has 5 nitrogen and oxygen atoms in total. The lowest BCUT2D eigenvalue weighted by atomic mass is 10.2. The molecule has 0 radical (unpaired) electrons. The molecule has 4 aromatic rings. The number of rotatable bonds is 4. The first kappa shape index (κ1) is 19.5. The van der Waals surface area contributed by atoms with Crippen LogP contribution in [-0.2, 0) is 0 Å². The third kappa shape index (κ3) is 4.02. The molecule has 4 rings (SSSR count). The third-order valence-corrected chi connectivity index (χ3v) is 5.40. The average molecular weight is 513 g/mol. The van der Waals surface area contributed by atoms with Gasteiger partial charge in [0, 0.05) is 14.5 Å². The van der Waals surface area contributed by atoms with E-state index in [0.717, 1.165) is 25.8 Å². The second-order valence-electron chi connectivity index (χ2n) is 6.22. The smallest absolute Gasteiger partial charge is 0.282 e. The van der Waals surface area contributed by atoms with Crippen LogP contribution in [0.1, 0.15) is 5.56 Å². The van der Waals surface area contributed by atoms with Crippen LogP contribution in [0.2, 0.25) is 0 Å². The van der Waals surface area contributed by atoms with Crippen LogP contribution in [0.3, 0.4) is 0 Å². The predicted molar refractivity (Wildman–Crippen MR) is 123 cm³/mol. The molecule has 1 aromatic heterocycles. The first-order valence-corrected chi connectivity index (χ1v) is 10.3. The minimum absolute atomic E-state index is 0.249. The summed E-state index contributed by atoms with van der Waals surface area (Å²) in [5.41, 5.74) is 1.98. The number of aromatic nitrogens is 2. The molecular formula is C22H15Br2N3O2. The second-order valence-corrected chi connectivity index (χ2v) is 7.99. The number of ether oxygens (including phenoxy) is 1. The Kier molecular flexibility index (Phi) is 5.60. The molecule has 1 heterocycles. The molecule has 3 aromatic carbocycles. The van der Waals surface area contributed by atoms with E-state index < -0.39 is 0 Å². The normalized spacial score (nSPS) is 11.3. The number of fused-ring (bicyclic) bond motifs is 1. The van der Waals surface area contributed by atoms with Crippen LogP contribution >= 0.6 is 31.9 Å². The molecule has 0 amide bonds. The van der Waals surface area contributed by atoms with Crippen molar-refractivity contribution in [3.63, 3.8) is 0 Å². The number of hydrogen-bond acceptors (Lipinski definition) is 4. The van der Waals surface area contributed by atoms with Crippen molar-refractivity contribution in [2.75, 3.05) is 7.11 Å². The zero-order valence-corrected chi connectivity index (χ0v) is 18.5. The molecule has 0 aliphatic heterocycles. The van der Waals surface area contributed by atoms with Crippen LogP contribution in [-0.4, -0.2) is 23.0 Å². The Labute approximate surface area is 183 Å². The highest BCUT2D eigenvalue weighted by atomic mass is 79.9. The van der Waals surface area contributed by atoms with Gasteiger partial charge in [0.25, 0.3) is 5.56 Å². The zero-order valence-electron chi connectivity index (χ0n) is 15.3. The van der Waals surface area contributed by atoms with Gasteiger partial charge in [0.2, 0.25) is 0 Å². The second kappa shape index (κ2) is 8.31. The maximum atomic E-state index is 13.3. The Morgan fingerprint density at radius 3 is 2.45 bits per heavy atom. The molecular weight excluding hydrogens is 498 g/mol. The average Bonchev–Trinajstić information content (AvgIpc) is 2.74. The van der Waals surface area contributed by atoms with E-state index in [1.165, 1.54) is 4.68 Å². The van der Waals surface area contributed by atoms with Gasteiger partial charge in [-0.05, 0) is 57.9 Å². The summed E-state index contributed by atoms with van der Waals surface area (Å²) in [6.07, 6.45) is 1.63. The van der Waals surface area contributed by atoms with Crippen LogP contribution < -0.4 is 10.3 Å². The number of hydrogen-bond donors (Lipinski definition) is 0. The standard InChI is InChI=1S/C22H15Br2N3O2/c1-29-17-9-7-14(8-10-17)13-25-27-21(15-5-3-2-4-6-15)26-20-18(22(27)28)11-16(23)12-19(20)24/h2-13H,1H3/b25-13+. The van der Waals surface area contributed by atoms with E-state index in [4.69, 9.17) is 9.72 Å². The van der Waals surface area contributed by atoms with E-state index in [2.05, 4.69) is 37.0 Å². The summed E-state index contributed by atoms with van der Waals surface area (Å²) in [6, 6.07) is 20.6. The maximum absolute atomic E-state index is 13.3. The molecule has 0 bridgehead atoms. The third-order valence-electron chi connectivity index (χ3n) is 4.34. The van der Waals surface area contributed by atoms with Crippen LogP contribution in [0.15, 0.2) is 85.6 Å². The monoisotopic (exact) mass is 511 g/mol. The van der Waals surface area contributed by atoms with E-state index in [9.17, 15) is 4.79 Å². The zero-order chi connectivity index (χ0) is 20.4. The molecule has 0 spiro atoms. The Bertz CT molecular complexity index is 1270.